The minimum Gasteiger partial charge on any atom is -0.390 e. The van der Waals surface area contributed by atoms with Crippen molar-refractivity contribution >= 4 is 33.2 Å². The van der Waals surface area contributed by atoms with E-state index in [2.05, 4.69) is 4.90 Å². The maximum absolute atomic E-state index is 13.6. The van der Waals surface area contributed by atoms with Crippen LogP contribution >= 0.6 is 11.6 Å². The van der Waals surface area contributed by atoms with Crippen molar-refractivity contribution in [3.05, 3.63) is 70.1 Å². The van der Waals surface area contributed by atoms with Crippen LogP contribution in [0.5, 0.6) is 0 Å². The fraction of sp³-hybridized carbons (Fsp3) is 0.467. The predicted molar refractivity (Wildman–Crippen MR) is 162 cm³/mol. The molecule has 4 heterocycles. The van der Waals surface area contributed by atoms with Gasteiger partial charge < -0.3 is 14.9 Å². The molecule has 6 rings (SSSR count). The van der Waals surface area contributed by atoms with Gasteiger partial charge in [-0.3, -0.25) is 9.48 Å². The SMILES string of the molecule is CS(=O)(=O)N1CCc2c(c(-c3ccc(F)cc3)nn2CC(O)CN2CCC(N3C(=O)Cc4cc(Cl)ccc43)CC2)C1.FCF. The lowest BCUT2D eigenvalue weighted by molar-refractivity contribution is -0.118. The average Bonchev–Trinajstić information content (AvgIpc) is 3.49. The highest BCUT2D eigenvalue weighted by molar-refractivity contribution is 7.88. The molecular formula is C30H35ClF3N5O4S. The van der Waals surface area contributed by atoms with E-state index in [4.69, 9.17) is 16.7 Å². The first-order valence-electron chi connectivity index (χ1n) is 14.4. The number of carbonyl (C=O) groups is 1. The summed E-state index contributed by atoms with van der Waals surface area (Å²) in [7, 11) is -3.39. The van der Waals surface area contributed by atoms with E-state index >= 15 is 0 Å². The summed E-state index contributed by atoms with van der Waals surface area (Å²) in [5.74, 6) is -0.252. The van der Waals surface area contributed by atoms with Crippen LogP contribution in [-0.2, 0) is 40.7 Å². The summed E-state index contributed by atoms with van der Waals surface area (Å²) < 4.78 is 60.6. The van der Waals surface area contributed by atoms with E-state index in [0.29, 0.717) is 42.2 Å². The second-order valence-corrected chi connectivity index (χ2v) is 13.7. The van der Waals surface area contributed by atoms with Crippen LogP contribution in [0.2, 0.25) is 5.02 Å². The average molecular weight is 654 g/mol. The van der Waals surface area contributed by atoms with Gasteiger partial charge in [0.2, 0.25) is 22.9 Å². The summed E-state index contributed by atoms with van der Waals surface area (Å²) in [5, 5.41) is 16.5. The number of carbonyl (C=O) groups excluding carboxylic acids is 1. The van der Waals surface area contributed by atoms with Crippen LogP contribution in [0.4, 0.5) is 18.9 Å². The largest absolute Gasteiger partial charge is 0.390 e. The molecule has 3 aliphatic rings. The number of fused-ring (bicyclic) bond motifs is 2. The van der Waals surface area contributed by atoms with Gasteiger partial charge >= 0.3 is 0 Å². The van der Waals surface area contributed by atoms with Gasteiger partial charge in [0.25, 0.3) is 0 Å². The summed E-state index contributed by atoms with van der Waals surface area (Å²) in [4.78, 5) is 16.9. The number of rotatable bonds is 7. The Balaban J connectivity index is 0.00000123. The molecule has 0 saturated carbocycles. The number of piperidine rings is 1. The van der Waals surface area contributed by atoms with Crippen molar-refractivity contribution in [3.8, 4) is 11.3 Å². The standard InChI is InChI=1S/C29H33ClFN5O4S.CH2F2/c1-41(39,40)34-13-10-27-25(18-34)29(19-2-5-22(31)6-3-19)32-35(27)17-24(37)16-33-11-8-23(9-12-33)36-26-7-4-21(30)14-20(26)15-28(36)38;2-1-3/h2-7,14,23-24,37H,8-13,15-18H2,1H3;1H2. The van der Waals surface area contributed by atoms with Gasteiger partial charge in [-0.15, -0.1) is 0 Å². The lowest BCUT2D eigenvalue weighted by Crippen LogP contribution is -2.48. The maximum atomic E-state index is 13.6. The molecule has 3 aliphatic heterocycles. The number of alkyl halides is 2. The van der Waals surface area contributed by atoms with Gasteiger partial charge in [-0.25, -0.2) is 21.6 Å². The number of sulfonamides is 1. The molecule has 9 nitrogen and oxygen atoms in total. The zero-order valence-corrected chi connectivity index (χ0v) is 25.9. The minimum absolute atomic E-state index is 0.107. The lowest BCUT2D eigenvalue weighted by Gasteiger charge is -2.37. The van der Waals surface area contributed by atoms with Crippen molar-refractivity contribution in [2.45, 2.75) is 50.9 Å². The molecule has 1 amide bonds. The second kappa shape index (κ2) is 13.6. The zero-order valence-electron chi connectivity index (χ0n) is 24.3. The first kappa shape index (κ1) is 32.4. The Kier molecular flexibility index (Phi) is 10.0. The molecular weight excluding hydrogens is 619 g/mol. The van der Waals surface area contributed by atoms with Crippen molar-refractivity contribution in [2.24, 2.45) is 0 Å². The summed E-state index contributed by atoms with van der Waals surface area (Å²) >= 11 is 6.13. The van der Waals surface area contributed by atoms with Crippen LogP contribution in [0.15, 0.2) is 42.5 Å². The van der Waals surface area contributed by atoms with Gasteiger partial charge in [-0.1, -0.05) is 11.6 Å². The number of nitrogens with zero attached hydrogens (tertiary/aromatic N) is 5. The third-order valence-corrected chi connectivity index (χ3v) is 9.86. The number of anilines is 1. The summed E-state index contributed by atoms with van der Waals surface area (Å²) in [6.45, 7) is 1.03. The van der Waals surface area contributed by atoms with Crippen molar-refractivity contribution in [1.82, 2.24) is 19.0 Å². The Morgan fingerprint density at radius 1 is 1.07 bits per heavy atom. The fourth-order valence-corrected chi connectivity index (χ4v) is 7.35. The van der Waals surface area contributed by atoms with Crippen LogP contribution in [0.1, 0.15) is 29.7 Å². The molecule has 1 N–H and O–H groups in total. The first-order chi connectivity index (χ1) is 21.0. The molecule has 1 unspecified atom stereocenters. The maximum Gasteiger partial charge on any atom is 0.231 e. The Morgan fingerprint density at radius 3 is 2.41 bits per heavy atom. The summed E-state index contributed by atoms with van der Waals surface area (Å²) in [6.07, 6.45) is 2.99. The van der Waals surface area contributed by atoms with Crippen LogP contribution in [0.25, 0.3) is 11.3 Å². The molecule has 238 valence electrons. The van der Waals surface area contributed by atoms with Crippen LogP contribution in [0.3, 0.4) is 0 Å². The molecule has 44 heavy (non-hydrogen) atoms. The molecule has 1 saturated heterocycles. The molecule has 0 radical (unpaired) electrons. The number of aliphatic hydroxyl groups is 1. The Bertz CT molecular complexity index is 1600. The van der Waals surface area contributed by atoms with E-state index in [1.165, 1.54) is 22.7 Å². The second-order valence-electron chi connectivity index (χ2n) is 11.3. The fourth-order valence-electron chi connectivity index (χ4n) is 6.37. The highest BCUT2D eigenvalue weighted by Gasteiger charge is 2.35. The van der Waals surface area contributed by atoms with Gasteiger partial charge in [0.05, 0.1) is 31.0 Å². The van der Waals surface area contributed by atoms with Crippen molar-refractivity contribution < 1.29 is 31.5 Å². The van der Waals surface area contributed by atoms with Crippen molar-refractivity contribution in [3.63, 3.8) is 0 Å². The van der Waals surface area contributed by atoms with Gasteiger partial charge in [0.1, 0.15) is 5.82 Å². The minimum atomic E-state index is -3.39. The number of aromatic nitrogens is 2. The molecule has 0 spiro atoms. The third kappa shape index (κ3) is 7.12. The van der Waals surface area contributed by atoms with E-state index in [1.807, 2.05) is 23.1 Å². The normalized spacial score (nSPS) is 18.5. The van der Waals surface area contributed by atoms with E-state index in [0.717, 1.165) is 48.4 Å². The molecule has 1 atom stereocenters. The Morgan fingerprint density at radius 2 is 1.75 bits per heavy atom. The van der Waals surface area contributed by atoms with E-state index in [-0.39, 0.29) is 30.9 Å². The third-order valence-electron chi connectivity index (χ3n) is 8.37. The number of hydrogen-bond donors (Lipinski definition) is 1. The Hall–Kier alpha value is -2.97. The molecule has 1 aromatic heterocycles. The van der Waals surface area contributed by atoms with Gasteiger partial charge in [0, 0.05) is 72.7 Å². The number of amides is 1. The number of β-amino-alcohol motifs (C(OH)–C–C–N with tert-alkyl or cyclic N) is 1. The quantitative estimate of drug-likeness (QED) is 0.415. The molecule has 1 fully saturated rings. The number of halogens is 4. The number of aliphatic hydroxyl groups excluding tert-OH is 1. The monoisotopic (exact) mass is 653 g/mol. The summed E-state index contributed by atoms with van der Waals surface area (Å²) in [6, 6.07) is 11.7. The van der Waals surface area contributed by atoms with Crippen LogP contribution in [-0.4, -0.2) is 89.9 Å². The topological polar surface area (TPSA) is 99.0 Å². The van der Waals surface area contributed by atoms with Gasteiger partial charge in [-0.2, -0.15) is 9.40 Å². The number of hydrogen-bond acceptors (Lipinski definition) is 6. The number of benzene rings is 2. The predicted octanol–water partition coefficient (Wildman–Crippen LogP) is 3.96. The molecule has 2 aromatic carbocycles. The van der Waals surface area contributed by atoms with Crippen LogP contribution < -0.4 is 4.90 Å². The lowest BCUT2D eigenvalue weighted by atomic mass is 10.0. The summed E-state index contributed by atoms with van der Waals surface area (Å²) in [5.41, 5.74) is 4.92. The zero-order chi connectivity index (χ0) is 31.6. The smallest absolute Gasteiger partial charge is 0.231 e. The van der Waals surface area contributed by atoms with Gasteiger partial charge in [-0.05, 0) is 60.9 Å². The van der Waals surface area contributed by atoms with Crippen molar-refractivity contribution in [1.29, 1.82) is 0 Å². The first-order valence-corrected chi connectivity index (χ1v) is 16.6. The molecule has 14 heteroatoms. The van der Waals surface area contributed by atoms with Gasteiger partial charge in [0.15, 0.2) is 0 Å². The van der Waals surface area contributed by atoms with E-state index in [1.54, 1.807) is 16.8 Å². The highest BCUT2D eigenvalue weighted by atomic mass is 35.5. The molecule has 0 aliphatic carbocycles. The van der Waals surface area contributed by atoms with Crippen LogP contribution in [0, 0.1) is 5.82 Å². The molecule has 3 aromatic rings. The Labute approximate surface area is 259 Å². The van der Waals surface area contributed by atoms with E-state index < -0.39 is 23.1 Å². The highest BCUT2D eigenvalue weighted by Crippen LogP contribution is 2.35. The number of likely N-dealkylation sites (tertiary alicyclic amines) is 1. The van der Waals surface area contributed by atoms with E-state index in [9.17, 15) is 31.5 Å². The molecule has 0 bridgehead atoms. The van der Waals surface area contributed by atoms with Crippen molar-refractivity contribution in [2.75, 3.05) is 44.3 Å².